The number of benzene rings is 1. The fourth-order valence-electron chi connectivity index (χ4n) is 2.29. The molecule has 1 aromatic rings. The molecule has 0 aliphatic heterocycles. The number of hydrogen-bond donors (Lipinski definition) is 1. The molecule has 0 bridgehead atoms. The van der Waals surface area contributed by atoms with Gasteiger partial charge in [0.25, 0.3) is 5.91 Å². The molecule has 1 amide bonds. The predicted molar refractivity (Wildman–Crippen MR) is 84.8 cm³/mol. The van der Waals surface area contributed by atoms with E-state index < -0.39 is 5.97 Å². The molecule has 6 nitrogen and oxygen atoms in total. The van der Waals surface area contributed by atoms with Gasteiger partial charge in [-0.15, -0.1) is 0 Å². The molecule has 0 radical (unpaired) electrons. The van der Waals surface area contributed by atoms with Crippen molar-refractivity contribution < 1.29 is 23.8 Å². The molecule has 1 N–H and O–H groups in total. The van der Waals surface area contributed by atoms with Gasteiger partial charge in [0, 0.05) is 6.04 Å². The van der Waals surface area contributed by atoms with E-state index >= 15 is 0 Å². The first-order valence-electron chi connectivity index (χ1n) is 7.82. The van der Waals surface area contributed by atoms with E-state index in [1.807, 2.05) is 13.8 Å². The molecular weight excluding hydrogens is 298 g/mol. The van der Waals surface area contributed by atoms with E-state index in [2.05, 4.69) is 5.32 Å². The number of ether oxygens (including phenoxy) is 3. The second-order valence-electron chi connectivity index (χ2n) is 5.57. The van der Waals surface area contributed by atoms with Crippen LogP contribution in [0.3, 0.4) is 0 Å². The molecule has 23 heavy (non-hydrogen) atoms. The smallest absolute Gasteiger partial charge is 0.338 e. The number of methoxy groups -OCH3 is 1. The van der Waals surface area contributed by atoms with Crippen LogP contribution in [0.25, 0.3) is 0 Å². The molecule has 0 saturated heterocycles. The highest BCUT2D eigenvalue weighted by molar-refractivity contribution is 5.92. The van der Waals surface area contributed by atoms with Gasteiger partial charge in [0.15, 0.2) is 18.1 Å². The monoisotopic (exact) mass is 321 g/mol. The van der Waals surface area contributed by atoms with Gasteiger partial charge in [0.2, 0.25) is 0 Å². The Morgan fingerprint density at radius 2 is 2.04 bits per heavy atom. The number of carbonyl (C=O) groups excluding carboxylic acids is 2. The summed E-state index contributed by atoms with van der Waals surface area (Å²) in [6.07, 6.45) is 2.29. The lowest BCUT2D eigenvalue weighted by Crippen LogP contribution is -2.37. The number of nitrogens with one attached hydrogen (secondary N) is 1. The van der Waals surface area contributed by atoms with Crippen molar-refractivity contribution in [3.63, 3.8) is 0 Å². The third kappa shape index (κ3) is 4.87. The molecule has 0 unspecified atom stereocenters. The molecule has 1 saturated carbocycles. The number of carbonyl (C=O) groups is 2. The maximum absolute atomic E-state index is 12.0. The summed E-state index contributed by atoms with van der Waals surface area (Å²) >= 11 is 0. The highest BCUT2D eigenvalue weighted by atomic mass is 16.5. The second kappa shape index (κ2) is 7.85. The van der Waals surface area contributed by atoms with Crippen LogP contribution in [0.1, 0.15) is 37.0 Å². The van der Waals surface area contributed by atoms with Gasteiger partial charge in [-0.2, -0.15) is 0 Å². The minimum Gasteiger partial charge on any atom is -0.493 e. The van der Waals surface area contributed by atoms with Gasteiger partial charge in [-0.05, 0) is 50.8 Å². The van der Waals surface area contributed by atoms with Crippen LogP contribution in [0, 0.1) is 5.92 Å². The first-order valence-corrected chi connectivity index (χ1v) is 7.82. The van der Waals surface area contributed by atoms with Crippen molar-refractivity contribution in [1.29, 1.82) is 0 Å². The molecule has 126 valence electrons. The van der Waals surface area contributed by atoms with E-state index in [1.54, 1.807) is 12.1 Å². The zero-order valence-corrected chi connectivity index (χ0v) is 13.8. The second-order valence-corrected chi connectivity index (χ2v) is 5.57. The lowest BCUT2D eigenvalue weighted by atomic mass is 10.2. The van der Waals surface area contributed by atoms with Gasteiger partial charge < -0.3 is 19.5 Å². The molecule has 0 aromatic heterocycles. The Morgan fingerprint density at radius 1 is 1.30 bits per heavy atom. The normalized spacial score (nSPS) is 14.7. The van der Waals surface area contributed by atoms with Gasteiger partial charge in [-0.1, -0.05) is 0 Å². The Bertz CT molecular complexity index is 568. The summed E-state index contributed by atoms with van der Waals surface area (Å²) in [5.74, 6) is 0.719. The van der Waals surface area contributed by atoms with E-state index in [0.29, 0.717) is 29.6 Å². The van der Waals surface area contributed by atoms with Crippen LogP contribution >= 0.6 is 0 Å². The van der Waals surface area contributed by atoms with Gasteiger partial charge in [-0.25, -0.2) is 4.79 Å². The third-order valence-electron chi connectivity index (χ3n) is 3.75. The number of amides is 1. The highest BCUT2D eigenvalue weighted by Gasteiger charge is 2.29. The van der Waals surface area contributed by atoms with E-state index in [0.717, 1.165) is 12.8 Å². The van der Waals surface area contributed by atoms with Gasteiger partial charge in [0.05, 0.1) is 19.3 Å². The average molecular weight is 321 g/mol. The van der Waals surface area contributed by atoms with Crippen LogP contribution in [-0.2, 0) is 9.53 Å². The summed E-state index contributed by atoms with van der Waals surface area (Å²) in [4.78, 5) is 23.8. The van der Waals surface area contributed by atoms with Crippen LogP contribution in [0.5, 0.6) is 11.5 Å². The summed E-state index contributed by atoms with van der Waals surface area (Å²) in [6, 6.07) is 4.90. The van der Waals surface area contributed by atoms with Crippen LogP contribution in [-0.4, -0.2) is 38.2 Å². The first kappa shape index (κ1) is 17.1. The Hall–Kier alpha value is -2.24. The standard InChI is InChI=1S/C17H23NO5/c1-4-22-14-8-7-13(9-15(14)21-3)17(20)23-10-16(19)18-11(2)12-5-6-12/h7-9,11-12H,4-6,10H2,1-3H3,(H,18,19)/t11-/m1/s1. The Labute approximate surface area is 136 Å². The van der Waals surface area contributed by atoms with E-state index in [4.69, 9.17) is 14.2 Å². The maximum atomic E-state index is 12.0. The van der Waals surface area contributed by atoms with E-state index in [-0.39, 0.29) is 18.6 Å². The largest absolute Gasteiger partial charge is 0.493 e. The van der Waals surface area contributed by atoms with Crippen molar-refractivity contribution in [2.45, 2.75) is 32.7 Å². The lowest BCUT2D eigenvalue weighted by molar-refractivity contribution is -0.124. The van der Waals surface area contributed by atoms with E-state index in [9.17, 15) is 9.59 Å². The summed E-state index contributed by atoms with van der Waals surface area (Å²) in [6.45, 7) is 4.04. The van der Waals surface area contributed by atoms with Crippen molar-refractivity contribution in [2.24, 2.45) is 5.92 Å². The van der Waals surface area contributed by atoms with Crippen molar-refractivity contribution >= 4 is 11.9 Å². The van der Waals surface area contributed by atoms with Crippen molar-refractivity contribution in [1.82, 2.24) is 5.32 Å². The summed E-state index contributed by atoms with van der Waals surface area (Å²) in [5, 5.41) is 2.84. The Kier molecular flexibility index (Phi) is 5.84. The first-order chi connectivity index (χ1) is 11.0. The maximum Gasteiger partial charge on any atom is 0.338 e. The van der Waals surface area contributed by atoms with Crippen LogP contribution in [0.15, 0.2) is 18.2 Å². The van der Waals surface area contributed by atoms with Gasteiger partial charge in [-0.3, -0.25) is 4.79 Å². The fraction of sp³-hybridized carbons (Fsp3) is 0.529. The molecular formula is C17H23NO5. The fourth-order valence-corrected chi connectivity index (χ4v) is 2.29. The van der Waals surface area contributed by atoms with Crippen molar-refractivity contribution in [3.05, 3.63) is 23.8 Å². The van der Waals surface area contributed by atoms with Crippen LogP contribution in [0.2, 0.25) is 0 Å². The SMILES string of the molecule is CCOc1ccc(C(=O)OCC(=O)N[C@H](C)C2CC2)cc1OC. The molecule has 2 rings (SSSR count). The molecule has 0 spiro atoms. The van der Waals surface area contributed by atoms with Crippen LogP contribution in [0.4, 0.5) is 0 Å². The molecule has 1 aromatic carbocycles. The van der Waals surface area contributed by atoms with E-state index in [1.165, 1.54) is 13.2 Å². The zero-order valence-electron chi connectivity index (χ0n) is 13.8. The van der Waals surface area contributed by atoms with Crippen molar-refractivity contribution in [3.8, 4) is 11.5 Å². The molecule has 1 aliphatic carbocycles. The Balaban J connectivity index is 1.88. The van der Waals surface area contributed by atoms with Crippen molar-refractivity contribution in [2.75, 3.05) is 20.3 Å². The predicted octanol–water partition coefficient (Wildman–Crippen LogP) is 2.17. The van der Waals surface area contributed by atoms with Gasteiger partial charge >= 0.3 is 5.97 Å². The minimum atomic E-state index is -0.569. The van der Waals surface area contributed by atoms with Gasteiger partial charge in [0.1, 0.15) is 0 Å². The molecule has 1 atom stereocenters. The molecule has 6 heteroatoms. The number of hydrogen-bond acceptors (Lipinski definition) is 5. The highest BCUT2D eigenvalue weighted by Crippen LogP contribution is 2.32. The average Bonchev–Trinajstić information content (AvgIpc) is 3.38. The summed E-state index contributed by atoms with van der Waals surface area (Å²) < 4.78 is 15.6. The topological polar surface area (TPSA) is 73.9 Å². The molecule has 1 fully saturated rings. The third-order valence-corrected chi connectivity index (χ3v) is 3.75. The lowest BCUT2D eigenvalue weighted by Gasteiger charge is -2.13. The Morgan fingerprint density at radius 3 is 2.65 bits per heavy atom. The molecule has 0 heterocycles. The summed E-state index contributed by atoms with van der Waals surface area (Å²) in [7, 11) is 1.50. The minimum absolute atomic E-state index is 0.131. The van der Waals surface area contributed by atoms with Crippen LogP contribution < -0.4 is 14.8 Å². The zero-order chi connectivity index (χ0) is 16.8. The quantitative estimate of drug-likeness (QED) is 0.743. The summed E-state index contributed by atoms with van der Waals surface area (Å²) in [5.41, 5.74) is 0.313. The number of rotatable bonds is 8. The molecule has 1 aliphatic rings. The number of esters is 1.